The molecule has 0 radical (unpaired) electrons. The molecule has 2 rings (SSSR count). The molecule has 1 aromatic heterocycles. The fraction of sp³-hybridized carbons (Fsp3) is 0.312. The third-order valence-corrected chi connectivity index (χ3v) is 5.25. The first kappa shape index (κ1) is 17.5. The molecule has 5 nitrogen and oxygen atoms in total. The molecular formula is C16H19N3O2S2. The highest BCUT2D eigenvalue weighted by Crippen LogP contribution is 2.29. The maximum Gasteiger partial charge on any atom is 0.250 e. The Hall–Kier alpha value is -1.86. The van der Waals surface area contributed by atoms with Gasteiger partial charge in [0.25, 0.3) is 0 Å². The van der Waals surface area contributed by atoms with Crippen molar-refractivity contribution in [3.63, 3.8) is 0 Å². The molecular weight excluding hydrogens is 330 g/mol. The monoisotopic (exact) mass is 349 g/mol. The number of thioether (sulfide) groups is 1. The van der Waals surface area contributed by atoms with Gasteiger partial charge in [-0.1, -0.05) is 49.1 Å². The number of ether oxygens (including phenoxy) is 1. The Morgan fingerprint density at radius 3 is 2.78 bits per heavy atom. The third-order valence-electron chi connectivity index (χ3n) is 3.06. The van der Waals surface area contributed by atoms with Crippen LogP contribution in [0.15, 0.2) is 34.7 Å². The number of benzene rings is 1. The fourth-order valence-corrected chi connectivity index (χ4v) is 3.60. The summed E-state index contributed by atoms with van der Waals surface area (Å²) in [4.78, 5) is 11.9. The normalized spacial score (nSPS) is 12.3. The van der Waals surface area contributed by atoms with Crippen LogP contribution in [0.1, 0.15) is 25.8 Å². The Kier molecular flexibility index (Phi) is 6.61. The van der Waals surface area contributed by atoms with Crippen LogP contribution in [-0.4, -0.2) is 28.5 Å². The number of rotatable bonds is 7. The lowest BCUT2D eigenvalue weighted by Gasteiger charge is -2.02. The van der Waals surface area contributed by atoms with E-state index in [0.717, 1.165) is 22.1 Å². The molecule has 2 aromatic rings. The molecule has 0 fully saturated rings. The van der Waals surface area contributed by atoms with E-state index in [0.29, 0.717) is 10.4 Å². The minimum atomic E-state index is -0.225. The molecule has 1 heterocycles. The maximum atomic E-state index is 11.9. The molecule has 0 saturated carbocycles. The van der Waals surface area contributed by atoms with E-state index < -0.39 is 0 Å². The molecule has 1 N–H and O–H groups in total. The molecule has 0 aliphatic carbocycles. The zero-order valence-electron chi connectivity index (χ0n) is 13.3. The minimum Gasteiger partial charge on any atom is -0.497 e. The van der Waals surface area contributed by atoms with E-state index in [2.05, 4.69) is 29.4 Å². The number of hydrogen-bond donors (Lipinski definition) is 1. The summed E-state index contributed by atoms with van der Waals surface area (Å²) in [6.45, 7) is 4.27. The van der Waals surface area contributed by atoms with E-state index in [-0.39, 0.29) is 5.91 Å². The van der Waals surface area contributed by atoms with Gasteiger partial charge < -0.3 is 4.74 Å². The first-order valence-electron chi connectivity index (χ1n) is 7.24. The Balaban J connectivity index is 1.89. The Bertz CT molecular complexity index is 668. The van der Waals surface area contributed by atoms with Gasteiger partial charge in [-0.2, -0.15) is 0 Å². The van der Waals surface area contributed by atoms with E-state index in [1.54, 1.807) is 24.9 Å². The van der Waals surface area contributed by atoms with Crippen molar-refractivity contribution in [1.82, 2.24) is 10.2 Å². The van der Waals surface area contributed by atoms with Gasteiger partial charge in [0.2, 0.25) is 11.0 Å². The van der Waals surface area contributed by atoms with Gasteiger partial charge in [-0.05, 0) is 30.2 Å². The lowest BCUT2D eigenvalue weighted by Crippen LogP contribution is -2.07. The smallest absolute Gasteiger partial charge is 0.250 e. The summed E-state index contributed by atoms with van der Waals surface area (Å²) in [6.07, 6.45) is 4.28. The number of anilines is 1. The number of nitrogens with one attached hydrogen (secondary N) is 1. The lowest BCUT2D eigenvalue weighted by atomic mass is 10.2. The van der Waals surface area contributed by atoms with Crippen LogP contribution in [0.5, 0.6) is 5.75 Å². The fourth-order valence-electron chi connectivity index (χ4n) is 1.60. The lowest BCUT2D eigenvalue weighted by molar-refractivity contribution is -0.111. The summed E-state index contributed by atoms with van der Waals surface area (Å²) in [7, 11) is 1.62. The molecule has 0 spiro atoms. The predicted molar refractivity (Wildman–Crippen MR) is 96.2 cm³/mol. The highest BCUT2D eigenvalue weighted by Gasteiger charge is 2.09. The van der Waals surface area contributed by atoms with Crippen molar-refractivity contribution in [3.8, 4) is 5.75 Å². The number of methoxy groups -OCH3 is 1. The van der Waals surface area contributed by atoms with E-state index in [1.807, 2.05) is 24.3 Å². The topological polar surface area (TPSA) is 64.1 Å². The Morgan fingerprint density at radius 1 is 1.39 bits per heavy atom. The Labute approximate surface area is 144 Å². The van der Waals surface area contributed by atoms with E-state index >= 15 is 0 Å². The van der Waals surface area contributed by atoms with Crippen LogP contribution < -0.4 is 10.1 Å². The van der Waals surface area contributed by atoms with Crippen LogP contribution in [0.2, 0.25) is 0 Å². The SMILES string of the molecule is CCC(C)Sc1nnc(NC(=O)/C=C/c2ccc(OC)cc2)s1. The van der Waals surface area contributed by atoms with E-state index in [1.165, 1.54) is 17.4 Å². The van der Waals surface area contributed by atoms with Gasteiger partial charge in [-0.25, -0.2) is 0 Å². The van der Waals surface area contributed by atoms with Crippen LogP contribution in [0, 0.1) is 0 Å². The zero-order chi connectivity index (χ0) is 16.7. The van der Waals surface area contributed by atoms with Gasteiger partial charge in [0, 0.05) is 11.3 Å². The van der Waals surface area contributed by atoms with Gasteiger partial charge in [-0.3, -0.25) is 10.1 Å². The molecule has 0 aliphatic heterocycles. The average Bonchev–Trinajstić information content (AvgIpc) is 3.00. The van der Waals surface area contributed by atoms with Crippen molar-refractivity contribution >= 4 is 40.2 Å². The van der Waals surface area contributed by atoms with Gasteiger partial charge >= 0.3 is 0 Å². The first-order valence-corrected chi connectivity index (χ1v) is 8.93. The van der Waals surface area contributed by atoms with Crippen LogP contribution in [0.3, 0.4) is 0 Å². The molecule has 0 aliphatic rings. The molecule has 1 atom stereocenters. The molecule has 0 bridgehead atoms. The molecule has 0 saturated heterocycles. The molecule has 7 heteroatoms. The summed E-state index contributed by atoms with van der Waals surface area (Å²) in [5, 5.41) is 11.8. The second kappa shape index (κ2) is 8.69. The summed E-state index contributed by atoms with van der Waals surface area (Å²) < 4.78 is 5.96. The molecule has 122 valence electrons. The number of carbonyl (C=O) groups excluding carboxylic acids is 1. The number of aromatic nitrogens is 2. The second-order valence-corrected chi connectivity index (χ2v) is 7.47. The minimum absolute atomic E-state index is 0.225. The quantitative estimate of drug-likeness (QED) is 0.463. The van der Waals surface area contributed by atoms with Crippen LogP contribution >= 0.6 is 23.1 Å². The molecule has 1 unspecified atom stereocenters. The van der Waals surface area contributed by atoms with Gasteiger partial charge in [0.05, 0.1) is 7.11 Å². The van der Waals surface area contributed by atoms with Gasteiger partial charge in [0.1, 0.15) is 5.75 Å². The number of hydrogen-bond acceptors (Lipinski definition) is 6. The van der Waals surface area contributed by atoms with Gasteiger partial charge in [-0.15, -0.1) is 10.2 Å². The van der Waals surface area contributed by atoms with Crippen molar-refractivity contribution in [3.05, 3.63) is 35.9 Å². The second-order valence-electron chi connectivity index (χ2n) is 4.81. The van der Waals surface area contributed by atoms with E-state index in [9.17, 15) is 4.79 Å². The summed E-state index contributed by atoms with van der Waals surface area (Å²) in [6, 6.07) is 7.46. The predicted octanol–water partition coefficient (Wildman–Crippen LogP) is 4.09. The largest absolute Gasteiger partial charge is 0.497 e. The molecule has 23 heavy (non-hydrogen) atoms. The molecule has 1 amide bonds. The molecule has 1 aromatic carbocycles. The van der Waals surface area contributed by atoms with Crippen molar-refractivity contribution in [2.45, 2.75) is 29.9 Å². The highest BCUT2D eigenvalue weighted by molar-refractivity contribution is 8.01. The summed E-state index contributed by atoms with van der Waals surface area (Å²) >= 11 is 3.06. The third kappa shape index (κ3) is 5.69. The van der Waals surface area contributed by atoms with E-state index in [4.69, 9.17) is 4.74 Å². The first-order chi connectivity index (χ1) is 11.1. The number of nitrogens with zero attached hydrogens (tertiary/aromatic N) is 2. The zero-order valence-corrected chi connectivity index (χ0v) is 14.9. The summed E-state index contributed by atoms with van der Waals surface area (Å²) in [5.74, 6) is 0.559. The van der Waals surface area contributed by atoms with Crippen molar-refractivity contribution in [2.75, 3.05) is 12.4 Å². The number of amides is 1. The average molecular weight is 349 g/mol. The van der Waals surface area contributed by atoms with Crippen molar-refractivity contribution < 1.29 is 9.53 Å². The van der Waals surface area contributed by atoms with Gasteiger partial charge in [0.15, 0.2) is 4.34 Å². The maximum absolute atomic E-state index is 11.9. The van der Waals surface area contributed by atoms with Crippen LogP contribution in [0.4, 0.5) is 5.13 Å². The van der Waals surface area contributed by atoms with Crippen LogP contribution in [-0.2, 0) is 4.79 Å². The number of carbonyl (C=O) groups is 1. The van der Waals surface area contributed by atoms with Crippen molar-refractivity contribution in [1.29, 1.82) is 0 Å². The van der Waals surface area contributed by atoms with Crippen LogP contribution in [0.25, 0.3) is 6.08 Å². The summed E-state index contributed by atoms with van der Waals surface area (Å²) in [5.41, 5.74) is 0.922. The Morgan fingerprint density at radius 2 is 2.13 bits per heavy atom. The van der Waals surface area contributed by atoms with Crippen molar-refractivity contribution in [2.24, 2.45) is 0 Å². The highest BCUT2D eigenvalue weighted by atomic mass is 32.2. The standard InChI is InChI=1S/C16H19N3O2S2/c1-4-11(2)22-16-19-18-15(23-16)17-14(20)10-7-12-5-8-13(21-3)9-6-12/h5-11H,4H2,1-3H3,(H,17,18,20)/b10-7+.